The maximum Gasteiger partial charge on any atom is 0.277 e. The summed E-state index contributed by atoms with van der Waals surface area (Å²) >= 11 is 0. The molecular formula is C27H34N8O2S. The molecule has 0 spiro atoms. The molecule has 0 radical (unpaired) electrons. The molecule has 0 atom stereocenters. The summed E-state index contributed by atoms with van der Waals surface area (Å²) < 4.78 is 29.1. The molecule has 11 heteroatoms. The maximum absolute atomic E-state index is 13.3. The van der Waals surface area contributed by atoms with Gasteiger partial charge in [-0.3, -0.25) is 14.7 Å². The summed E-state index contributed by atoms with van der Waals surface area (Å²) in [5, 5.41) is 14.7. The van der Waals surface area contributed by atoms with E-state index in [-0.39, 0.29) is 16.4 Å². The molecule has 1 heterocycles. The van der Waals surface area contributed by atoms with E-state index in [9.17, 15) is 8.42 Å². The zero-order valence-corrected chi connectivity index (χ0v) is 22.8. The van der Waals surface area contributed by atoms with Gasteiger partial charge in [0.1, 0.15) is 10.7 Å². The number of benzene rings is 1. The van der Waals surface area contributed by atoms with Gasteiger partial charge < -0.3 is 26.4 Å². The molecule has 0 fully saturated rings. The van der Waals surface area contributed by atoms with Gasteiger partial charge >= 0.3 is 0 Å². The maximum atomic E-state index is 13.3. The molecule has 0 aliphatic carbocycles. The van der Waals surface area contributed by atoms with Crippen molar-refractivity contribution in [3.05, 3.63) is 89.5 Å². The highest BCUT2D eigenvalue weighted by Crippen LogP contribution is 2.26. The summed E-state index contributed by atoms with van der Waals surface area (Å²) in [7, 11) is 2.96. The van der Waals surface area contributed by atoms with E-state index in [4.69, 9.17) is 16.6 Å². The third-order valence-corrected chi connectivity index (χ3v) is 6.86. The van der Waals surface area contributed by atoms with Gasteiger partial charge in [-0.1, -0.05) is 24.8 Å². The van der Waals surface area contributed by atoms with Gasteiger partial charge in [0.15, 0.2) is 0 Å². The molecule has 2 aromatic rings. The topological polar surface area (TPSA) is 152 Å². The molecule has 0 saturated carbocycles. The van der Waals surface area contributed by atoms with Crippen molar-refractivity contribution < 1.29 is 8.42 Å². The first-order valence-electron chi connectivity index (χ1n) is 11.5. The number of nitrogens with zero attached hydrogens (tertiary/aromatic N) is 4. The van der Waals surface area contributed by atoms with Crippen LogP contribution in [0.15, 0.2) is 77.7 Å². The minimum Gasteiger partial charge on any atom is -0.404 e. The Morgan fingerprint density at radius 3 is 2.42 bits per heavy atom. The summed E-state index contributed by atoms with van der Waals surface area (Å²) in [6, 6.07) is 9.40. The zero-order chi connectivity index (χ0) is 28.3. The van der Waals surface area contributed by atoms with Crippen molar-refractivity contribution in [1.29, 1.82) is 10.8 Å². The fourth-order valence-electron chi connectivity index (χ4n) is 3.36. The highest BCUT2D eigenvalue weighted by Gasteiger charge is 2.21. The van der Waals surface area contributed by atoms with Crippen LogP contribution in [0.5, 0.6) is 0 Å². The molecular weight excluding hydrogens is 500 g/mol. The molecule has 10 nitrogen and oxygen atoms in total. The molecule has 0 saturated heterocycles. The van der Waals surface area contributed by atoms with Gasteiger partial charge in [0.05, 0.1) is 5.69 Å². The van der Waals surface area contributed by atoms with Crippen molar-refractivity contribution in [3.63, 3.8) is 0 Å². The van der Waals surface area contributed by atoms with E-state index in [1.165, 1.54) is 35.8 Å². The molecule has 0 unspecified atom stereocenters. The average molecular weight is 535 g/mol. The molecule has 1 aromatic heterocycles. The lowest BCUT2D eigenvalue weighted by atomic mass is 10.0. The second-order valence-corrected chi connectivity index (χ2v) is 10.00. The van der Waals surface area contributed by atoms with Crippen molar-refractivity contribution >= 4 is 51.2 Å². The number of pyridine rings is 1. The normalized spacial score (nSPS) is 12.5. The lowest BCUT2D eigenvalue weighted by Crippen LogP contribution is -2.24. The fourth-order valence-corrected chi connectivity index (χ4v) is 4.37. The largest absolute Gasteiger partial charge is 0.404 e. The number of anilines is 2. The third kappa shape index (κ3) is 7.74. The van der Waals surface area contributed by atoms with Crippen LogP contribution in [0, 0.1) is 10.8 Å². The lowest BCUT2D eigenvalue weighted by Gasteiger charge is -2.21. The van der Waals surface area contributed by atoms with Crippen molar-refractivity contribution in [1.82, 2.24) is 9.88 Å². The van der Waals surface area contributed by atoms with Gasteiger partial charge in [0, 0.05) is 82.3 Å². The molecule has 2 rings (SSSR count). The Morgan fingerprint density at radius 1 is 1.18 bits per heavy atom. The summed E-state index contributed by atoms with van der Waals surface area (Å²) in [4.78, 5) is 11.5. The van der Waals surface area contributed by atoms with Crippen LogP contribution >= 0.6 is 0 Å². The minimum atomic E-state index is -4.13. The highest BCUT2D eigenvalue weighted by molar-refractivity contribution is 7.96. The van der Waals surface area contributed by atoms with Gasteiger partial charge in [-0.2, -0.15) is 8.42 Å². The first kappa shape index (κ1) is 29.7. The van der Waals surface area contributed by atoms with Gasteiger partial charge in [0.2, 0.25) is 0 Å². The smallest absolute Gasteiger partial charge is 0.277 e. The lowest BCUT2D eigenvalue weighted by molar-refractivity contribution is 0.564. The van der Waals surface area contributed by atoms with Crippen molar-refractivity contribution in [2.24, 2.45) is 10.7 Å². The number of allylic oxidation sites excluding steroid dienone is 4. The predicted octanol–water partition coefficient (Wildman–Crippen LogP) is 3.93. The SMILES string of the molecule is C=C(N(C)/C=C(\C/C=C\C=N)c1ccc(N(C)C)cc1)S(=O)(=O)Nc1cc(C(C=NC)=CN)cnc1C=N. The van der Waals surface area contributed by atoms with E-state index in [2.05, 4.69) is 21.3 Å². The molecule has 0 aliphatic heterocycles. The van der Waals surface area contributed by atoms with Crippen LogP contribution in [0.3, 0.4) is 0 Å². The number of hydrogen-bond donors (Lipinski definition) is 4. The molecule has 38 heavy (non-hydrogen) atoms. The standard InChI is InChI=1S/C27H34N8O2S/c1-20(35(5)19-22(8-6-7-13-28)21-9-11-25(12-10-21)34(3)4)38(36,37)33-26-14-23(18-32-27(26)16-30)24(15-29)17-31-2/h6-7,9-19,28,30,33H,1,8,29H2,2-5H3/b7-6-,22-19+,24-15?,28-13?,30-16?,31-17?. The van der Waals surface area contributed by atoms with Crippen LogP contribution in [-0.4, -0.2) is 65.1 Å². The van der Waals surface area contributed by atoms with Crippen molar-refractivity contribution in [2.75, 3.05) is 37.8 Å². The van der Waals surface area contributed by atoms with E-state index in [0.717, 1.165) is 23.0 Å². The summed E-state index contributed by atoms with van der Waals surface area (Å²) in [5.74, 6) is 0. The molecule has 1 aromatic carbocycles. The summed E-state index contributed by atoms with van der Waals surface area (Å²) in [6.07, 6.45) is 12.1. The number of aromatic nitrogens is 1. The van der Waals surface area contributed by atoms with Crippen LogP contribution in [0.4, 0.5) is 11.4 Å². The molecule has 0 amide bonds. The summed E-state index contributed by atoms with van der Waals surface area (Å²) in [6.45, 7) is 3.80. The first-order valence-corrected chi connectivity index (χ1v) is 13.0. The third-order valence-electron chi connectivity index (χ3n) is 5.46. The van der Waals surface area contributed by atoms with E-state index >= 15 is 0 Å². The molecule has 0 bridgehead atoms. The first-order chi connectivity index (χ1) is 18.1. The predicted molar refractivity (Wildman–Crippen MR) is 159 cm³/mol. The van der Waals surface area contributed by atoms with E-state index < -0.39 is 10.0 Å². The fraction of sp³-hybridized carbons (Fsp3) is 0.185. The van der Waals surface area contributed by atoms with E-state index in [1.54, 1.807) is 26.4 Å². The van der Waals surface area contributed by atoms with Gasteiger partial charge in [-0.15, -0.1) is 0 Å². The van der Waals surface area contributed by atoms with Crippen LogP contribution in [0.25, 0.3) is 11.1 Å². The second kappa shape index (κ2) is 13.7. The number of nitrogens with one attached hydrogen (secondary N) is 3. The van der Waals surface area contributed by atoms with Gasteiger partial charge in [-0.05, 0) is 41.8 Å². The number of sulfonamides is 1. The molecule has 0 aliphatic rings. The summed E-state index contributed by atoms with van der Waals surface area (Å²) in [5.41, 5.74) is 9.74. The monoisotopic (exact) mass is 534 g/mol. The Hall–Kier alpha value is -4.51. The number of hydrogen-bond acceptors (Lipinski definition) is 9. The Morgan fingerprint density at radius 2 is 1.87 bits per heavy atom. The number of nitrogens with two attached hydrogens (primary N) is 1. The second-order valence-electron chi connectivity index (χ2n) is 8.32. The van der Waals surface area contributed by atoms with Crippen LogP contribution in [0.2, 0.25) is 0 Å². The van der Waals surface area contributed by atoms with Crippen LogP contribution in [-0.2, 0) is 10.0 Å². The number of rotatable bonds is 13. The van der Waals surface area contributed by atoms with Crippen molar-refractivity contribution in [3.8, 4) is 0 Å². The Bertz CT molecular complexity index is 1390. The molecule has 5 N–H and O–H groups in total. The highest BCUT2D eigenvalue weighted by atomic mass is 32.2. The van der Waals surface area contributed by atoms with Gasteiger partial charge in [0.25, 0.3) is 10.0 Å². The Balaban J connectivity index is 2.42. The van der Waals surface area contributed by atoms with E-state index in [0.29, 0.717) is 17.6 Å². The quantitative estimate of drug-likeness (QED) is 0.286. The van der Waals surface area contributed by atoms with Crippen molar-refractivity contribution in [2.45, 2.75) is 6.42 Å². The minimum absolute atomic E-state index is 0.105. The van der Waals surface area contributed by atoms with E-state index in [1.807, 2.05) is 49.3 Å². The van der Waals surface area contributed by atoms with Gasteiger partial charge in [-0.25, -0.2) is 0 Å². The Labute approximate surface area is 224 Å². The van der Waals surface area contributed by atoms with Crippen LogP contribution in [0.1, 0.15) is 23.2 Å². The van der Waals surface area contributed by atoms with Crippen LogP contribution < -0.4 is 15.4 Å². The Kier molecular flexibility index (Phi) is 10.7. The average Bonchev–Trinajstić information content (AvgIpc) is 2.90. The molecule has 200 valence electrons. The zero-order valence-electron chi connectivity index (χ0n) is 22.0. The number of aliphatic imine (C=N–C) groups is 1.